The molecule has 0 amide bonds. The van der Waals surface area contributed by atoms with Crippen LogP contribution in [0.4, 0.5) is 0 Å². The maximum atomic E-state index is 4.62. The minimum atomic E-state index is 1.01. The first-order valence-corrected chi connectivity index (χ1v) is 5.89. The first-order valence-electron chi connectivity index (χ1n) is 5.89. The fourth-order valence-electron chi connectivity index (χ4n) is 1.88. The lowest BCUT2D eigenvalue weighted by Gasteiger charge is -2.04. The van der Waals surface area contributed by atoms with Gasteiger partial charge in [-0.05, 0) is 31.2 Å². The second-order valence-electron chi connectivity index (χ2n) is 4.29. The largest absolute Gasteiger partial charge is 0.269 e. The zero-order valence-corrected chi connectivity index (χ0v) is 9.29. The number of hydrogen-bond acceptors (Lipinski definition) is 1. The van der Waals surface area contributed by atoms with Crippen molar-refractivity contribution in [3.8, 4) is 0 Å². The first kappa shape index (κ1) is 9.75. The quantitative estimate of drug-likeness (QED) is 0.701. The average molecular weight is 192 g/mol. The summed E-state index contributed by atoms with van der Waals surface area (Å²) in [5.74, 6) is 1.01. The van der Waals surface area contributed by atoms with E-state index in [0.29, 0.717) is 0 Å². The standard InChI is InChI=1S/C12H20N2/c1-3-11-9-12(4-2)14(13-11)8-7-10-5-6-10/h9-10H,3-8H2,1-2H3. The topological polar surface area (TPSA) is 17.8 Å². The third kappa shape index (κ3) is 2.17. The Balaban J connectivity index is 2.00. The predicted molar refractivity (Wildman–Crippen MR) is 58.3 cm³/mol. The molecule has 2 rings (SSSR count). The van der Waals surface area contributed by atoms with Crippen LogP contribution in [0, 0.1) is 5.92 Å². The van der Waals surface area contributed by atoms with Crippen LogP contribution in [0.5, 0.6) is 0 Å². The number of aromatic nitrogens is 2. The molecule has 0 unspecified atom stereocenters. The molecule has 1 heterocycles. The van der Waals surface area contributed by atoms with Gasteiger partial charge in [-0.25, -0.2) is 0 Å². The third-order valence-corrected chi connectivity index (χ3v) is 3.08. The van der Waals surface area contributed by atoms with Gasteiger partial charge < -0.3 is 0 Å². The fraction of sp³-hybridized carbons (Fsp3) is 0.750. The van der Waals surface area contributed by atoms with Crippen LogP contribution in [0.1, 0.15) is 44.5 Å². The Morgan fingerprint density at radius 1 is 1.36 bits per heavy atom. The lowest BCUT2D eigenvalue weighted by atomic mass is 10.2. The highest BCUT2D eigenvalue weighted by atomic mass is 15.3. The van der Waals surface area contributed by atoms with E-state index in [0.717, 1.165) is 25.3 Å². The predicted octanol–water partition coefficient (Wildman–Crippen LogP) is 2.81. The molecule has 1 aliphatic carbocycles. The SMILES string of the molecule is CCc1cc(CC)n(CCC2CC2)n1. The highest BCUT2D eigenvalue weighted by Gasteiger charge is 2.21. The summed E-state index contributed by atoms with van der Waals surface area (Å²) in [7, 11) is 0. The molecule has 1 aliphatic rings. The molecular formula is C12H20N2. The summed E-state index contributed by atoms with van der Waals surface area (Å²) in [5.41, 5.74) is 2.65. The highest BCUT2D eigenvalue weighted by Crippen LogP contribution is 2.32. The molecule has 0 aliphatic heterocycles. The van der Waals surface area contributed by atoms with E-state index in [9.17, 15) is 0 Å². The summed E-state index contributed by atoms with van der Waals surface area (Å²) in [4.78, 5) is 0. The summed E-state index contributed by atoms with van der Waals surface area (Å²) in [5, 5.41) is 4.62. The molecule has 2 nitrogen and oxygen atoms in total. The van der Waals surface area contributed by atoms with E-state index in [1.165, 1.54) is 30.7 Å². The van der Waals surface area contributed by atoms with Crippen molar-refractivity contribution in [2.24, 2.45) is 5.92 Å². The van der Waals surface area contributed by atoms with Gasteiger partial charge in [-0.2, -0.15) is 5.10 Å². The summed E-state index contributed by atoms with van der Waals surface area (Å²) in [6, 6.07) is 2.26. The Hall–Kier alpha value is -0.790. The number of hydrogen-bond donors (Lipinski definition) is 0. The van der Waals surface area contributed by atoms with E-state index < -0.39 is 0 Å². The van der Waals surface area contributed by atoms with Crippen LogP contribution < -0.4 is 0 Å². The zero-order valence-electron chi connectivity index (χ0n) is 9.29. The fourth-order valence-corrected chi connectivity index (χ4v) is 1.88. The van der Waals surface area contributed by atoms with Crippen molar-refractivity contribution in [2.75, 3.05) is 0 Å². The van der Waals surface area contributed by atoms with E-state index in [1.807, 2.05) is 0 Å². The van der Waals surface area contributed by atoms with Gasteiger partial charge in [-0.1, -0.05) is 26.7 Å². The number of aryl methyl sites for hydroxylation is 3. The van der Waals surface area contributed by atoms with Gasteiger partial charge in [0.25, 0.3) is 0 Å². The minimum absolute atomic E-state index is 1.01. The number of nitrogens with zero attached hydrogens (tertiary/aromatic N) is 2. The van der Waals surface area contributed by atoms with Crippen LogP contribution >= 0.6 is 0 Å². The zero-order chi connectivity index (χ0) is 9.97. The van der Waals surface area contributed by atoms with Crippen molar-refractivity contribution in [1.29, 1.82) is 0 Å². The molecule has 0 saturated heterocycles. The molecule has 78 valence electrons. The molecule has 1 fully saturated rings. The van der Waals surface area contributed by atoms with Gasteiger partial charge in [-0.3, -0.25) is 4.68 Å². The Labute approximate surface area is 86.3 Å². The van der Waals surface area contributed by atoms with Crippen molar-refractivity contribution < 1.29 is 0 Å². The van der Waals surface area contributed by atoms with Gasteiger partial charge in [0, 0.05) is 12.2 Å². The highest BCUT2D eigenvalue weighted by molar-refractivity contribution is 5.10. The van der Waals surface area contributed by atoms with Gasteiger partial charge in [0.2, 0.25) is 0 Å². The molecule has 0 N–H and O–H groups in total. The average Bonchev–Trinajstić information content (AvgIpc) is 2.95. The summed E-state index contributed by atoms with van der Waals surface area (Å²) in [6.07, 6.45) is 6.39. The summed E-state index contributed by atoms with van der Waals surface area (Å²) in [6.45, 7) is 5.52. The van der Waals surface area contributed by atoms with E-state index in [4.69, 9.17) is 0 Å². The molecule has 14 heavy (non-hydrogen) atoms. The second kappa shape index (κ2) is 4.16. The van der Waals surface area contributed by atoms with Gasteiger partial charge in [0.05, 0.1) is 5.69 Å². The van der Waals surface area contributed by atoms with Gasteiger partial charge in [0.1, 0.15) is 0 Å². The van der Waals surface area contributed by atoms with Crippen LogP contribution in [0.3, 0.4) is 0 Å². The molecule has 0 atom stereocenters. The van der Waals surface area contributed by atoms with Gasteiger partial charge in [0.15, 0.2) is 0 Å². The van der Waals surface area contributed by atoms with Crippen LogP contribution in [0.25, 0.3) is 0 Å². The number of rotatable bonds is 5. The van der Waals surface area contributed by atoms with Crippen molar-refractivity contribution >= 4 is 0 Å². The van der Waals surface area contributed by atoms with E-state index >= 15 is 0 Å². The molecule has 0 aromatic carbocycles. The Bertz CT molecular complexity index is 297. The molecule has 0 spiro atoms. The van der Waals surface area contributed by atoms with Gasteiger partial charge >= 0.3 is 0 Å². The molecular weight excluding hydrogens is 172 g/mol. The maximum absolute atomic E-state index is 4.62. The summed E-state index contributed by atoms with van der Waals surface area (Å²) < 4.78 is 2.22. The van der Waals surface area contributed by atoms with Crippen LogP contribution in [-0.4, -0.2) is 9.78 Å². The summed E-state index contributed by atoms with van der Waals surface area (Å²) >= 11 is 0. The molecule has 1 aromatic rings. The molecule has 0 bridgehead atoms. The second-order valence-corrected chi connectivity index (χ2v) is 4.29. The van der Waals surface area contributed by atoms with Crippen LogP contribution in [-0.2, 0) is 19.4 Å². The van der Waals surface area contributed by atoms with Crippen molar-refractivity contribution in [2.45, 2.75) is 52.5 Å². The van der Waals surface area contributed by atoms with Crippen LogP contribution in [0.2, 0.25) is 0 Å². The smallest absolute Gasteiger partial charge is 0.0624 e. The van der Waals surface area contributed by atoms with E-state index in [1.54, 1.807) is 0 Å². The Kier molecular flexibility index (Phi) is 2.90. The normalized spacial score (nSPS) is 16.1. The van der Waals surface area contributed by atoms with Crippen molar-refractivity contribution in [1.82, 2.24) is 9.78 Å². The lowest BCUT2D eigenvalue weighted by molar-refractivity contribution is 0.525. The Morgan fingerprint density at radius 3 is 2.71 bits per heavy atom. The van der Waals surface area contributed by atoms with Crippen LogP contribution in [0.15, 0.2) is 6.07 Å². The van der Waals surface area contributed by atoms with Gasteiger partial charge in [-0.15, -0.1) is 0 Å². The first-order chi connectivity index (χ1) is 6.83. The monoisotopic (exact) mass is 192 g/mol. The molecule has 2 heteroatoms. The Morgan fingerprint density at radius 2 is 2.14 bits per heavy atom. The molecule has 1 aromatic heterocycles. The lowest BCUT2D eigenvalue weighted by Crippen LogP contribution is -2.05. The minimum Gasteiger partial charge on any atom is -0.269 e. The van der Waals surface area contributed by atoms with Crippen molar-refractivity contribution in [3.05, 3.63) is 17.5 Å². The van der Waals surface area contributed by atoms with E-state index in [2.05, 4.69) is 29.7 Å². The molecule has 1 saturated carbocycles. The third-order valence-electron chi connectivity index (χ3n) is 3.08. The maximum Gasteiger partial charge on any atom is 0.0624 e. The van der Waals surface area contributed by atoms with E-state index in [-0.39, 0.29) is 0 Å². The molecule has 0 radical (unpaired) electrons. The van der Waals surface area contributed by atoms with Crippen molar-refractivity contribution in [3.63, 3.8) is 0 Å².